The summed E-state index contributed by atoms with van der Waals surface area (Å²) in [4.78, 5) is 2.50. The van der Waals surface area contributed by atoms with Crippen LogP contribution in [-0.4, -0.2) is 57.1 Å². The van der Waals surface area contributed by atoms with Crippen LogP contribution in [-0.2, 0) is 9.47 Å². The summed E-state index contributed by atoms with van der Waals surface area (Å²) in [6.07, 6.45) is 4.84. The van der Waals surface area contributed by atoms with Gasteiger partial charge in [0, 0.05) is 20.2 Å². The maximum absolute atomic E-state index is 6.33. The van der Waals surface area contributed by atoms with E-state index in [4.69, 9.17) is 18.9 Å². The number of methoxy groups -OCH3 is 1. The van der Waals surface area contributed by atoms with Crippen LogP contribution >= 0.6 is 0 Å². The van der Waals surface area contributed by atoms with Crippen LogP contribution in [0.1, 0.15) is 32.6 Å². The Morgan fingerprint density at radius 1 is 0.867 bits per heavy atom. The number of nitrogens with zero attached hydrogens (tertiary/aromatic N) is 1. The molecule has 2 aromatic rings. The highest BCUT2D eigenvalue weighted by atomic mass is 16.6. The molecule has 1 aliphatic heterocycles. The molecule has 0 aliphatic carbocycles. The van der Waals surface area contributed by atoms with Gasteiger partial charge in [0.15, 0.2) is 0 Å². The summed E-state index contributed by atoms with van der Waals surface area (Å²) in [5.41, 5.74) is 0. The molecule has 0 amide bonds. The minimum absolute atomic E-state index is 0.0465. The van der Waals surface area contributed by atoms with Gasteiger partial charge >= 0.3 is 0 Å². The first-order chi connectivity index (χ1) is 14.8. The third kappa shape index (κ3) is 7.31. The third-order valence-corrected chi connectivity index (χ3v) is 5.37. The predicted molar refractivity (Wildman–Crippen MR) is 120 cm³/mol. The summed E-state index contributed by atoms with van der Waals surface area (Å²) in [5.74, 6) is 2.47. The maximum Gasteiger partial charge on any atom is 0.127 e. The first kappa shape index (κ1) is 22.6. The molecule has 2 aromatic carbocycles. The van der Waals surface area contributed by atoms with E-state index in [1.807, 2.05) is 54.6 Å². The summed E-state index contributed by atoms with van der Waals surface area (Å²) in [6.45, 7) is 6.53. The van der Waals surface area contributed by atoms with Crippen LogP contribution < -0.4 is 9.47 Å². The fraction of sp³-hybridized carbons (Fsp3) is 0.520. The van der Waals surface area contributed by atoms with Crippen LogP contribution in [0.5, 0.6) is 17.2 Å². The van der Waals surface area contributed by atoms with E-state index in [-0.39, 0.29) is 12.2 Å². The van der Waals surface area contributed by atoms with Crippen LogP contribution in [0.4, 0.5) is 0 Å². The van der Waals surface area contributed by atoms with E-state index in [2.05, 4.69) is 11.8 Å². The SMILES string of the molecule is CCCCCN1CC[C@H](Oc2ccc(Oc3ccccc3)cc2)[C@@H](OCCOC)C1. The number of piperidine rings is 1. The predicted octanol–water partition coefficient (Wildman–Crippen LogP) is 5.15. The first-order valence-corrected chi connectivity index (χ1v) is 11.1. The van der Waals surface area contributed by atoms with Gasteiger partial charge in [0.1, 0.15) is 29.5 Å². The highest BCUT2D eigenvalue weighted by Gasteiger charge is 2.31. The van der Waals surface area contributed by atoms with Crippen LogP contribution in [0.15, 0.2) is 54.6 Å². The molecule has 5 heteroatoms. The van der Waals surface area contributed by atoms with Crippen molar-refractivity contribution in [3.8, 4) is 17.2 Å². The molecule has 1 fully saturated rings. The smallest absolute Gasteiger partial charge is 0.127 e. The van der Waals surface area contributed by atoms with Gasteiger partial charge in [0.25, 0.3) is 0 Å². The van der Waals surface area contributed by atoms with Crippen LogP contribution in [0, 0.1) is 0 Å². The van der Waals surface area contributed by atoms with Gasteiger partial charge in [-0.25, -0.2) is 0 Å². The van der Waals surface area contributed by atoms with E-state index in [1.54, 1.807) is 7.11 Å². The van der Waals surface area contributed by atoms with E-state index in [0.717, 1.165) is 43.3 Å². The number of benzene rings is 2. The second-order valence-corrected chi connectivity index (χ2v) is 7.74. The molecule has 164 valence electrons. The van der Waals surface area contributed by atoms with Crippen molar-refractivity contribution in [3.05, 3.63) is 54.6 Å². The molecule has 1 aliphatic rings. The van der Waals surface area contributed by atoms with Gasteiger partial charge in [-0.15, -0.1) is 0 Å². The number of hydrogen-bond acceptors (Lipinski definition) is 5. The average Bonchev–Trinajstić information content (AvgIpc) is 2.78. The van der Waals surface area contributed by atoms with E-state index in [9.17, 15) is 0 Å². The van der Waals surface area contributed by atoms with Crippen molar-refractivity contribution in [2.75, 3.05) is 40.0 Å². The second-order valence-electron chi connectivity index (χ2n) is 7.74. The molecule has 0 spiro atoms. The van der Waals surface area contributed by atoms with Crippen molar-refractivity contribution in [2.45, 2.75) is 44.8 Å². The lowest BCUT2D eigenvalue weighted by molar-refractivity contribution is -0.0794. The molecule has 30 heavy (non-hydrogen) atoms. The average molecular weight is 414 g/mol. The zero-order chi connectivity index (χ0) is 21.0. The molecule has 1 saturated heterocycles. The summed E-state index contributed by atoms with van der Waals surface area (Å²) < 4.78 is 23.5. The molecule has 0 bridgehead atoms. The second kappa shape index (κ2) is 12.6. The highest BCUT2D eigenvalue weighted by Crippen LogP contribution is 2.26. The lowest BCUT2D eigenvalue weighted by atomic mass is 10.0. The number of ether oxygens (including phenoxy) is 4. The van der Waals surface area contributed by atoms with Gasteiger partial charge in [-0.2, -0.15) is 0 Å². The molecule has 0 radical (unpaired) electrons. The van der Waals surface area contributed by atoms with Crippen LogP contribution in [0.2, 0.25) is 0 Å². The number of hydrogen-bond donors (Lipinski definition) is 0. The van der Waals surface area contributed by atoms with Crippen molar-refractivity contribution in [1.82, 2.24) is 4.90 Å². The number of para-hydroxylation sites is 1. The monoisotopic (exact) mass is 413 g/mol. The quantitative estimate of drug-likeness (QED) is 0.450. The standard InChI is InChI=1S/C25H35NO4/c1-3-4-8-16-26-17-15-24(25(20-26)28-19-18-27-2)30-23-13-11-22(12-14-23)29-21-9-6-5-7-10-21/h5-7,9-14,24-25H,3-4,8,15-20H2,1-2H3/t24-,25-/m0/s1. The topological polar surface area (TPSA) is 40.2 Å². The normalized spacial score (nSPS) is 19.5. The molecule has 0 saturated carbocycles. The van der Waals surface area contributed by atoms with E-state index >= 15 is 0 Å². The number of likely N-dealkylation sites (tertiary alicyclic amines) is 1. The molecule has 0 unspecified atom stereocenters. The Morgan fingerprint density at radius 3 is 2.33 bits per heavy atom. The third-order valence-electron chi connectivity index (χ3n) is 5.37. The van der Waals surface area contributed by atoms with Crippen molar-refractivity contribution >= 4 is 0 Å². The van der Waals surface area contributed by atoms with Gasteiger partial charge in [-0.1, -0.05) is 38.0 Å². The Morgan fingerprint density at radius 2 is 1.60 bits per heavy atom. The maximum atomic E-state index is 6.33. The molecule has 0 N–H and O–H groups in total. The van der Waals surface area contributed by atoms with E-state index in [1.165, 1.54) is 19.3 Å². The highest BCUT2D eigenvalue weighted by molar-refractivity contribution is 5.35. The summed E-state index contributed by atoms with van der Waals surface area (Å²) >= 11 is 0. The number of rotatable bonds is 12. The summed E-state index contributed by atoms with van der Waals surface area (Å²) in [5, 5.41) is 0. The minimum Gasteiger partial charge on any atom is -0.488 e. The van der Waals surface area contributed by atoms with Crippen LogP contribution in [0.25, 0.3) is 0 Å². The molecule has 5 nitrogen and oxygen atoms in total. The zero-order valence-corrected chi connectivity index (χ0v) is 18.3. The Bertz CT molecular complexity index is 707. The Labute approximate surface area is 180 Å². The fourth-order valence-electron chi connectivity index (χ4n) is 3.71. The summed E-state index contributed by atoms with van der Waals surface area (Å²) in [6, 6.07) is 17.6. The zero-order valence-electron chi connectivity index (χ0n) is 18.3. The largest absolute Gasteiger partial charge is 0.488 e. The lowest BCUT2D eigenvalue weighted by Crippen LogP contribution is -2.50. The summed E-state index contributed by atoms with van der Waals surface area (Å²) in [7, 11) is 1.70. The fourth-order valence-corrected chi connectivity index (χ4v) is 3.71. The van der Waals surface area contributed by atoms with E-state index in [0.29, 0.717) is 13.2 Å². The Hall–Kier alpha value is -2.08. The van der Waals surface area contributed by atoms with Gasteiger partial charge in [-0.05, 0) is 55.8 Å². The van der Waals surface area contributed by atoms with Crippen molar-refractivity contribution in [1.29, 1.82) is 0 Å². The molecule has 3 rings (SSSR count). The van der Waals surface area contributed by atoms with Gasteiger partial charge < -0.3 is 23.8 Å². The number of unbranched alkanes of at least 4 members (excludes halogenated alkanes) is 2. The van der Waals surface area contributed by atoms with Gasteiger partial charge in [0.2, 0.25) is 0 Å². The Balaban J connectivity index is 1.55. The molecule has 2 atom stereocenters. The molecule has 1 heterocycles. The van der Waals surface area contributed by atoms with Crippen molar-refractivity contribution < 1.29 is 18.9 Å². The Kier molecular flexibility index (Phi) is 9.48. The van der Waals surface area contributed by atoms with E-state index < -0.39 is 0 Å². The molecular formula is C25H35NO4. The van der Waals surface area contributed by atoms with Gasteiger partial charge in [0.05, 0.1) is 13.2 Å². The lowest BCUT2D eigenvalue weighted by Gasteiger charge is -2.38. The van der Waals surface area contributed by atoms with Crippen LogP contribution in [0.3, 0.4) is 0 Å². The van der Waals surface area contributed by atoms with Crippen molar-refractivity contribution in [2.24, 2.45) is 0 Å². The first-order valence-electron chi connectivity index (χ1n) is 11.1. The van der Waals surface area contributed by atoms with Gasteiger partial charge in [-0.3, -0.25) is 0 Å². The molecule has 0 aromatic heterocycles. The molecular weight excluding hydrogens is 378 g/mol. The minimum atomic E-state index is 0.0465. The van der Waals surface area contributed by atoms with Crippen molar-refractivity contribution in [3.63, 3.8) is 0 Å².